The number of aromatic carboxylic acids is 1. The topological polar surface area (TPSA) is 86.6 Å². The van der Waals surface area contributed by atoms with Crippen LogP contribution in [0.3, 0.4) is 0 Å². The summed E-state index contributed by atoms with van der Waals surface area (Å²) < 4.78 is 0.674. The fourth-order valence-electron chi connectivity index (χ4n) is 1.80. The number of phenolic OH excluding ortho intramolecular Hbond substituents is 1. The van der Waals surface area contributed by atoms with E-state index in [0.717, 1.165) is 5.56 Å². The molecule has 108 valence electrons. The second-order valence-electron chi connectivity index (χ2n) is 4.39. The fourth-order valence-corrected chi connectivity index (χ4v) is 2.16. The second-order valence-corrected chi connectivity index (χ2v) is 5.30. The number of aromatic hydroxyl groups is 1. The molecule has 0 aliphatic carbocycles. The normalized spacial score (nSPS) is 10.1. The maximum Gasteiger partial charge on any atom is 0.337 e. The molecule has 6 heteroatoms. The van der Waals surface area contributed by atoms with Gasteiger partial charge in [-0.3, -0.25) is 4.79 Å². The standard InChI is InChI=1S/C15H12BrNO4/c16-10-3-6-12(15(20)21)13(8-10)17-14(19)7-9-1-4-11(18)5-2-9/h1-6,8,18H,7H2,(H,17,19)(H,20,21). The third-order valence-corrected chi connectivity index (χ3v) is 3.28. The molecule has 0 fully saturated rings. The van der Waals surface area contributed by atoms with Gasteiger partial charge in [0.2, 0.25) is 5.91 Å². The predicted octanol–water partition coefficient (Wildman–Crippen LogP) is 3.03. The lowest BCUT2D eigenvalue weighted by atomic mass is 10.1. The van der Waals surface area contributed by atoms with Crippen molar-refractivity contribution in [3.63, 3.8) is 0 Å². The first-order valence-corrected chi connectivity index (χ1v) is 6.85. The largest absolute Gasteiger partial charge is 0.508 e. The van der Waals surface area contributed by atoms with Gasteiger partial charge in [-0.05, 0) is 35.9 Å². The number of halogens is 1. The van der Waals surface area contributed by atoms with Gasteiger partial charge in [0.25, 0.3) is 0 Å². The molecule has 0 saturated heterocycles. The van der Waals surface area contributed by atoms with Crippen molar-refractivity contribution in [3.05, 3.63) is 58.1 Å². The SMILES string of the molecule is O=C(Cc1ccc(O)cc1)Nc1cc(Br)ccc1C(=O)O. The lowest BCUT2D eigenvalue weighted by Gasteiger charge is -2.09. The molecule has 2 aromatic rings. The third kappa shape index (κ3) is 4.06. The average molecular weight is 350 g/mol. The van der Waals surface area contributed by atoms with Crippen LogP contribution in [-0.4, -0.2) is 22.1 Å². The first-order chi connectivity index (χ1) is 9.95. The number of hydrogen-bond acceptors (Lipinski definition) is 3. The Morgan fingerprint density at radius 3 is 2.38 bits per heavy atom. The van der Waals surface area contributed by atoms with Crippen molar-refractivity contribution in [2.45, 2.75) is 6.42 Å². The summed E-state index contributed by atoms with van der Waals surface area (Å²) >= 11 is 3.24. The molecule has 0 saturated carbocycles. The molecule has 5 nitrogen and oxygen atoms in total. The summed E-state index contributed by atoms with van der Waals surface area (Å²) in [4.78, 5) is 23.1. The molecule has 2 aromatic carbocycles. The number of carboxylic acids is 1. The smallest absolute Gasteiger partial charge is 0.337 e. The zero-order chi connectivity index (χ0) is 15.4. The number of carboxylic acid groups (broad SMARTS) is 1. The summed E-state index contributed by atoms with van der Waals surface area (Å²) in [7, 11) is 0. The Balaban J connectivity index is 2.14. The molecule has 0 spiro atoms. The molecule has 21 heavy (non-hydrogen) atoms. The van der Waals surface area contributed by atoms with Crippen LogP contribution in [0.1, 0.15) is 15.9 Å². The first kappa shape index (κ1) is 15.1. The summed E-state index contributed by atoms with van der Waals surface area (Å²) in [6.07, 6.45) is 0.0891. The Labute approximate surface area is 129 Å². The highest BCUT2D eigenvalue weighted by Crippen LogP contribution is 2.22. The van der Waals surface area contributed by atoms with E-state index in [1.807, 2.05) is 0 Å². The molecular formula is C15H12BrNO4. The van der Waals surface area contributed by atoms with Gasteiger partial charge in [0.1, 0.15) is 5.75 Å². The summed E-state index contributed by atoms with van der Waals surface area (Å²) in [5.41, 5.74) is 0.982. The van der Waals surface area contributed by atoms with Crippen LogP contribution in [0.15, 0.2) is 46.9 Å². The summed E-state index contributed by atoms with van der Waals surface area (Å²) in [6.45, 7) is 0. The number of anilines is 1. The summed E-state index contributed by atoms with van der Waals surface area (Å²) in [5, 5.41) is 20.9. The van der Waals surface area contributed by atoms with Crippen LogP contribution in [-0.2, 0) is 11.2 Å². The Morgan fingerprint density at radius 1 is 1.10 bits per heavy atom. The van der Waals surface area contributed by atoms with Crippen molar-refractivity contribution in [1.82, 2.24) is 0 Å². The highest BCUT2D eigenvalue weighted by atomic mass is 79.9. The van der Waals surface area contributed by atoms with Crippen molar-refractivity contribution >= 4 is 33.5 Å². The molecule has 0 aromatic heterocycles. The first-order valence-electron chi connectivity index (χ1n) is 6.06. The van der Waals surface area contributed by atoms with Gasteiger partial charge in [-0.1, -0.05) is 28.1 Å². The fraction of sp³-hybridized carbons (Fsp3) is 0.0667. The van der Waals surface area contributed by atoms with Gasteiger partial charge in [0.15, 0.2) is 0 Å². The Hall–Kier alpha value is -2.34. The van der Waals surface area contributed by atoms with Gasteiger partial charge >= 0.3 is 5.97 Å². The number of carbonyl (C=O) groups is 2. The van der Waals surface area contributed by atoms with E-state index in [1.165, 1.54) is 24.3 Å². The van der Waals surface area contributed by atoms with Crippen LogP contribution < -0.4 is 5.32 Å². The van der Waals surface area contributed by atoms with Gasteiger partial charge in [-0.25, -0.2) is 4.79 Å². The zero-order valence-electron chi connectivity index (χ0n) is 10.8. The monoisotopic (exact) mass is 349 g/mol. The van der Waals surface area contributed by atoms with Gasteiger partial charge in [-0.15, -0.1) is 0 Å². The van der Waals surface area contributed by atoms with Crippen molar-refractivity contribution in [2.75, 3.05) is 5.32 Å². The number of nitrogens with one attached hydrogen (secondary N) is 1. The molecule has 2 rings (SSSR count). The van der Waals surface area contributed by atoms with Crippen LogP contribution in [0.2, 0.25) is 0 Å². The highest BCUT2D eigenvalue weighted by molar-refractivity contribution is 9.10. The molecule has 1 amide bonds. The van der Waals surface area contributed by atoms with Crippen molar-refractivity contribution in [1.29, 1.82) is 0 Å². The minimum atomic E-state index is -1.11. The predicted molar refractivity (Wildman–Crippen MR) is 81.5 cm³/mol. The van der Waals surface area contributed by atoms with E-state index in [4.69, 9.17) is 5.11 Å². The Bertz CT molecular complexity index is 683. The minimum absolute atomic E-state index is 0.0252. The molecular weight excluding hydrogens is 338 g/mol. The molecule has 0 aliphatic heterocycles. The molecule has 3 N–H and O–H groups in total. The van der Waals surface area contributed by atoms with Crippen molar-refractivity contribution in [2.24, 2.45) is 0 Å². The average Bonchev–Trinajstić information content (AvgIpc) is 2.41. The molecule has 0 heterocycles. The zero-order valence-corrected chi connectivity index (χ0v) is 12.4. The lowest BCUT2D eigenvalue weighted by Crippen LogP contribution is -2.16. The van der Waals surface area contributed by atoms with Crippen LogP contribution in [0.5, 0.6) is 5.75 Å². The number of carbonyl (C=O) groups excluding carboxylic acids is 1. The highest BCUT2D eigenvalue weighted by Gasteiger charge is 2.13. The summed E-state index contributed by atoms with van der Waals surface area (Å²) in [6, 6.07) is 10.8. The van der Waals surface area contributed by atoms with Crippen LogP contribution >= 0.6 is 15.9 Å². The van der Waals surface area contributed by atoms with Crippen LogP contribution in [0.25, 0.3) is 0 Å². The van der Waals surface area contributed by atoms with Gasteiger partial charge in [-0.2, -0.15) is 0 Å². The van der Waals surface area contributed by atoms with E-state index in [2.05, 4.69) is 21.2 Å². The van der Waals surface area contributed by atoms with Gasteiger partial charge in [0, 0.05) is 4.47 Å². The van der Waals surface area contributed by atoms with Crippen molar-refractivity contribution < 1.29 is 19.8 Å². The second kappa shape index (κ2) is 6.41. The van der Waals surface area contributed by atoms with Crippen molar-refractivity contribution in [3.8, 4) is 5.75 Å². The molecule has 0 atom stereocenters. The van der Waals surface area contributed by atoms with E-state index >= 15 is 0 Å². The number of phenols is 1. The maximum atomic E-state index is 12.0. The molecule has 0 bridgehead atoms. The number of amides is 1. The van der Waals surface area contributed by atoms with E-state index < -0.39 is 5.97 Å². The minimum Gasteiger partial charge on any atom is -0.508 e. The molecule has 0 radical (unpaired) electrons. The number of rotatable bonds is 4. The third-order valence-electron chi connectivity index (χ3n) is 2.79. The van der Waals surface area contributed by atoms with E-state index in [9.17, 15) is 14.7 Å². The van der Waals surface area contributed by atoms with Crippen LogP contribution in [0, 0.1) is 0 Å². The maximum absolute atomic E-state index is 12.0. The molecule has 0 aliphatic rings. The van der Waals surface area contributed by atoms with Gasteiger partial charge < -0.3 is 15.5 Å². The Morgan fingerprint density at radius 2 is 1.76 bits per heavy atom. The van der Waals surface area contributed by atoms with E-state index in [0.29, 0.717) is 4.47 Å². The van der Waals surface area contributed by atoms with Gasteiger partial charge in [0.05, 0.1) is 17.7 Å². The lowest BCUT2D eigenvalue weighted by molar-refractivity contribution is -0.115. The quantitative estimate of drug-likeness (QED) is 0.791. The van der Waals surface area contributed by atoms with E-state index in [1.54, 1.807) is 18.2 Å². The Kier molecular flexibility index (Phi) is 4.59. The number of benzene rings is 2. The number of hydrogen-bond donors (Lipinski definition) is 3. The van der Waals surface area contributed by atoms with Crippen LogP contribution in [0.4, 0.5) is 5.69 Å². The molecule has 0 unspecified atom stereocenters. The van der Waals surface area contributed by atoms with E-state index in [-0.39, 0.29) is 29.3 Å². The summed E-state index contributed by atoms with van der Waals surface area (Å²) in [5.74, 6) is -1.32.